The lowest BCUT2D eigenvalue weighted by Gasteiger charge is -2.28. The molecule has 3 heteroatoms. The minimum atomic E-state index is -1.78. The lowest BCUT2D eigenvalue weighted by Crippen LogP contribution is -2.46. The fraction of sp³-hybridized carbons (Fsp3) is 0.684. The molecular weight excluding hydrogens is 274 g/mol. The van der Waals surface area contributed by atoms with Crippen molar-refractivity contribution < 1.29 is 10.2 Å². The van der Waals surface area contributed by atoms with Gasteiger partial charge in [-0.2, -0.15) is 0 Å². The van der Waals surface area contributed by atoms with E-state index >= 15 is 0 Å². The molecule has 2 rings (SSSR count). The van der Waals surface area contributed by atoms with Crippen molar-refractivity contribution in [3.63, 3.8) is 0 Å². The monoisotopic (exact) mass is 305 g/mol. The molecule has 1 atom stereocenters. The van der Waals surface area contributed by atoms with Gasteiger partial charge in [0.1, 0.15) is 0 Å². The molecule has 1 fully saturated rings. The molecule has 0 aliphatic heterocycles. The lowest BCUT2D eigenvalue weighted by molar-refractivity contribution is -0.177. The highest BCUT2D eigenvalue weighted by atomic mass is 16.5. The first-order chi connectivity index (χ1) is 10.4. The van der Waals surface area contributed by atoms with Gasteiger partial charge in [-0.15, -0.1) is 0 Å². The molecule has 0 spiro atoms. The molecule has 1 aromatic carbocycles. The second kappa shape index (κ2) is 7.58. The Morgan fingerprint density at radius 1 is 1.14 bits per heavy atom. The van der Waals surface area contributed by atoms with Gasteiger partial charge in [-0.25, -0.2) is 0 Å². The van der Waals surface area contributed by atoms with Gasteiger partial charge in [-0.05, 0) is 55.6 Å². The summed E-state index contributed by atoms with van der Waals surface area (Å²) >= 11 is 0. The maximum absolute atomic E-state index is 9.93. The normalized spacial score (nSPS) is 24.2. The van der Waals surface area contributed by atoms with E-state index in [1.165, 1.54) is 36.8 Å². The molecule has 1 aliphatic rings. The molecule has 0 bridgehead atoms. The quantitative estimate of drug-likeness (QED) is 0.708. The molecule has 0 aromatic heterocycles. The number of aryl methyl sites for hydroxylation is 1. The predicted octanol–water partition coefficient (Wildman–Crippen LogP) is 3.02. The Labute approximate surface area is 134 Å². The van der Waals surface area contributed by atoms with Crippen LogP contribution >= 0.6 is 0 Å². The summed E-state index contributed by atoms with van der Waals surface area (Å²) in [6.07, 6.45) is 7.38. The van der Waals surface area contributed by atoms with Crippen LogP contribution in [0.3, 0.4) is 0 Å². The number of hydrogen-bond donors (Lipinski definition) is 3. The van der Waals surface area contributed by atoms with E-state index in [-0.39, 0.29) is 6.42 Å². The summed E-state index contributed by atoms with van der Waals surface area (Å²) in [5.74, 6) is -0.131. The molecule has 22 heavy (non-hydrogen) atoms. The highest BCUT2D eigenvalue weighted by Gasteiger charge is 2.28. The number of hydrogen-bond acceptors (Lipinski definition) is 3. The van der Waals surface area contributed by atoms with E-state index in [4.69, 9.17) is 5.73 Å². The minimum Gasteiger partial charge on any atom is -0.364 e. The SMILES string of the molecule is CC1CCC(Cc2ccccc2CCC(O)(O)C(C)N)CC1. The summed E-state index contributed by atoms with van der Waals surface area (Å²) in [4.78, 5) is 0. The molecule has 1 aliphatic carbocycles. The maximum atomic E-state index is 9.93. The third kappa shape index (κ3) is 4.80. The molecular formula is C19H31NO2. The Bertz CT molecular complexity index is 462. The first-order valence-corrected chi connectivity index (χ1v) is 8.65. The lowest BCUT2D eigenvalue weighted by atomic mass is 9.79. The topological polar surface area (TPSA) is 66.5 Å². The van der Waals surface area contributed by atoms with E-state index in [2.05, 4.69) is 25.1 Å². The first-order valence-electron chi connectivity index (χ1n) is 8.65. The first kappa shape index (κ1) is 17.5. The van der Waals surface area contributed by atoms with Crippen molar-refractivity contribution in [3.8, 4) is 0 Å². The summed E-state index contributed by atoms with van der Waals surface area (Å²) in [6.45, 7) is 3.98. The number of nitrogens with two attached hydrogens (primary N) is 1. The summed E-state index contributed by atoms with van der Waals surface area (Å²) in [7, 11) is 0. The molecule has 0 heterocycles. The van der Waals surface area contributed by atoms with Crippen molar-refractivity contribution in [1.29, 1.82) is 0 Å². The molecule has 0 radical (unpaired) electrons. The van der Waals surface area contributed by atoms with Crippen LogP contribution in [0.25, 0.3) is 0 Å². The smallest absolute Gasteiger partial charge is 0.178 e. The zero-order valence-corrected chi connectivity index (χ0v) is 14.0. The summed E-state index contributed by atoms with van der Waals surface area (Å²) in [5.41, 5.74) is 8.23. The van der Waals surface area contributed by atoms with E-state index in [1.807, 2.05) is 6.07 Å². The van der Waals surface area contributed by atoms with Crippen LogP contribution in [-0.2, 0) is 12.8 Å². The van der Waals surface area contributed by atoms with Gasteiger partial charge in [0.25, 0.3) is 0 Å². The number of rotatable bonds is 6. The highest BCUT2D eigenvalue weighted by Crippen LogP contribution is 2.31. The van der Waals surface area contributed by atoms with Gasteiger partial charge in [0.05, 0.1) is 6.04 Å². The van der Waals surface area contributed by atoms with Crippen LogP contribution in [0.2, 0.25) is 0 Å². The van der Waals surface area contributed by atoms with Gasteiger partial charge < -0.3 is 15.9 Å². The van der Waals surface area contributed by atoms with E-state index in [9.17, 15) is 10.2 Å². The van der Waals surface area contributed by atoms with Crippen LogP contribution < -0.4 is 5.73 Å². The van der Waals surface area contributed by atoms with Crippen molar-refractivity contribution >= 4 is 0 Å². The average molecular weight is 305 g/mol. The fourth-order valence-corrected chi connectivity index (χ4v) is 3.39. The maximum Gasteiger partial charge on any atom is 0.178 e. The van der Waals surface area contributed by atoms with E-state index in [1.54, 1.807) is 6.92 Å². The Balaban J connectivity index is 1.98. The Hall–Kier alpha value is -0.900. The number of benzene rings is 1. The van der Waals surface area contributed by atoms with Crippen molar-refractivity contribution in [2.45, 2.75) is 70.6 Å². The van der Waals surface area contributed by atoms with Crippen LogP contribution in [0.5, 0.6) is 0 Å². The second-order valence-electron chi connectivity index (χ2n) is 7.27. The van der Waals surface area contributed by atoms with Crippen LogP contribution in [0.15, 0.2) is 24.3 Å². The summed E-state index contributed by atoms with van der Waals surface area (Å²) in [6, 6.07) is 7.78. The van der Waals surface area contributed by atoms with Crippen molar-refractivity contribution in [3.05, 3.63) is 35.4 Å². The van der Waals surface area contributed by atoms with Crippen LogP contribution in [-0.4, -0.2) is 22.0 Å². The van der Waals surface area contributed by atoms with Crippen molar-refractivity contribution in [2.75, 3.05) is 0 Å². The van der Waals surface area contributed by atoms with Gasteiger partial charge in [0.2, 0.25) is 0 Å². The van der Waals surface area contributed by atoms with Gasteiger partial charge >= 0.3 is 0 Å². The summed E-state index contributed by atoms with van der Waals surface area (Å²) < 4.78 is 0. The molecule has 124 valence electrons. The van der Waals surface area contributed by atoms with Crippen LogP contribution in [0.1, 0.15) is 57.1 Å². The Morgan fingerprint density at radius 3 is 2.32 bits per heavy atom. The molecule has 3 nitrogen and oxygen atoms in total. The van der Waals surface area contributed by atoms with Crippen LogP contribution in [0, 0.1) is 11.8 Å². The van der Waals surface area contributed by atoms with Crippen molar-refractivity contribution in [1.82, 2.24) is 0 Å². The standard InChI is InChI=1S/C19H31NO2/c1-14-7-9-16(10-8-14)13-18-6-4-3-5-17(18)11-12-19(21,22)15(2)20/h3-6,14-16,21-22H,7-13,20H2,1-2H3. The third-order valence-electron chi connectivity index (χ3n) is 5.25. The second-order valence-corrected chi connectivity index (χ2v) is 7.27. The van der Waals surface area contributed by atoms with Gasteiger partial charge in [0.15, 0.2) is 5.79 Å². The molecule has 1 aromatic rings. The molecule has 0 saturated heterocycles. The zero-order chi connectivity index (χ0) is 16.2. The predicted molar refractivity (Wildman–Crippen MR) is 90.4 cm³/mol. The minimum absolute atomic E-state index is 0.281. The highest BCUT2D eigenvalue weighted by molar-refractivity contribution is 5.28. The van der Waals surface area contributed by atoms with E-state index in [0.717, 1.165) is 18.3 Å². The van der Waals surface area contributed by atoms with Crippen molar-refractivity contribution in [2.24, 2.45) is 17.6 Å². The van der Waals surface area contributed by atoms with Gasteiger partial charge in [-0.1, -0.05) is 44.0 Å². The third-order valence-corrected chi connectivity index (χ3v) is 5.25. The summed E-state index contributed by atoms with van der Waals surface area (Å²) in [5, 5.41) is 19.9. The number of aliphatic hydroxyl groups is 2. The van der Waals surface area contributed by atoms with E-state index < -0.39 is 11.8 Å². The molecule has 0 amide bonds. The molecule has 1 saturated carbocycles. The zero-order valence-electron chi connectivity index (χ0n) is 14.0. The van der Waals surface area contributed by atoms with E-state index in [0.29, 0.717) is 6.42 Å². The average Bonchev–Trinajstić information content (AvgIpc) is 2.48. The van der Waals surface area contributed by atoms with Gasteiger partial charge in [-0.3, -0.25) is 0 Å². The fourth-order valence-electron chi connectivity index (χ4n) is 3.39. The van der Waals surface area contributed by atoms with Gasteiger partial charge in [0, 0.05) is 6.42 Å². The van der Waals surface area contributed by atoms with Crippen LogP contribution in [0.4, 0.5) is 0 Å². The molecule has 4 N–H and O–H groups in total. The largest absolute Gasteiger partial charge is 0.364 e. The Morgan fingerprint density at radius 2 is 1.73 bits per heavy atom. The molecule has 1 unspecified atom stereocenters. The Kier molecular flexibility index (Phi) is 6.01.